The molecule has 0 unspecified atom stereocenters. The van der Waals surface area contributed by atoms with Crippen LogP contribution in [-0.4, -0.2) is 22.5 Å². The summed E-state index contributed by atoms with van der Waals surface area (Å²) in [5, 5.41) is 17.8. The zero-order valence-corrected chi connectivity index (χ0v) is 11.5. The van der Waals surface area contributed by atoms with Crippen molar-refractivity contribution < 1.29 is 14.5 Å². The summed E-state index contributed by atoms with van der Waals surface area (Å²) in [5.41, 5.74) is 1.29. The van der Waals surface area contributed by atoms with Crippen LogP contribution in [-0.2, 0) is 11.2 Å². The fraction of sp³-hybridized carbons (Fsp3) is 0.267. The number of amides is 1. The summed E-state index contributed by atoms with van der Waals surface area (Å²) in [5.74, 6) is 0.722. The SMILES string of the molecule is O=C(CCCCc1cc(/C=N/O)no1)Nc1ccccc1. The molecular formula is C15H17N3O3. The number of unbranched alkanes of at least 4 members (excludes halogenated alkanes) is 1. The predicted octanol–water partition coefficient (Wildman–Crippen LogP) is 2.83. The van der Waals surface area contributed by atoms with Crippen LogP contribution in [0.15, 0.2) is 46.1 Å². The van der Waals surface area contributed by atoms with Crippen LogP contribution in [0.5, 0.6) is 0 Å². The molecule has 0 aliphatic carbocycles. The van der Waals surface area contributed by atoms with Gasteiger partial charge in [-0.05, 0) is 25.0 Å². The van der Waals surface area contributed by atoms with E-state index in [-0.39, 0.29) is 5.91 Å². The highest BCUT2D eigenvalue weighted by Crippen LogP contribution is 2.10. The first kappa shape index (κ1) is 14.8. The molecule has 1 aromatic heterocycles. The topological polar surface area (TPSA) is 87.7 Å². The van der Waals surface area contributed by atoms with Gasteiger partial charge in [-0.2, -0.15) is 0 Å². The first-order valence-corrected chi connectivity index (χ1v) is 6.76. The van der Waals surface area contributed by atoms with E-state index in [9.17, 15) is 4.79 Å². The van der Waals surface area contributed by atoms with E-state index < -0.39 is 0 Å². The van der Waals surface area contributed by atoms with Gasteiger partial charge in [0.1, 0.15) is 11.5 Å². The summed E-state index contributed by atoms with van der Waals surface area (Å²) >= 11 is 0. The molecule has 21 heavy (non-hydrogen) atoms. The first-order valence-electron chi connectivity index (χ1n) is 6.76. The third kappa shape index (κ3) is 5.10. The summed E-state index contributed by atoms with van der Waals surface area (Å²) in [7, 11) is 0. The summed E-state index contributed by atoms with van der Waals surface area (Å²) in [4.78, 5) is 11.7. The Morgan fingerprint density at radius 1 is 1.33 bits per heavy atom. The Bertz CT molecular complexity index is 593. The number of nitrogens with zero attached hydrogens (tertiary/aromatic N) is 2. The van der Waals surface area contributed by atoms with Gasteiger partial charge in [0.2, 0.25) is 5.91 Å². The van der Waals surface area contributed by atoms with Gasteiger partial charge in [-0.25, -0.2) is 0 Å². The molecule has 0 aliphatic heterocycles. The third-order valence-electron chi connectivity index (χ3n) is 2.90. The lowest BCUT2D eigenvalue weighted by molar-refractivity contribution is -0.116. The van der Waals surface area contributed by atoms with Crippen molar-refractivity contribution in [1.82, 2.24) is 5.16 Å². The number of hydrogen-bond acceptors (Lipinski definition) is 5. The van der Waals surface area contributed by atoms with Crippen LogP contribution < -0.4 is 5.32 Å². The molecule has 1 aromatic carbocycles. The highest BCUT2D eigenvalue weighted by atomic mass is 16.5. The molecule has 110 valence electrons. The second-order valence-corrected chi connectivity index (χ2v) is 4.58. The zero-order valence-electron chi connectivity index (χ0n) is 11.5. The summed E-state index contributed by atoms with van der Waals surface area (Å²) in [6.07, 6.45) is 3.97. The van der Waals surface area contributed by atoms with Crippen molar-refractivity contribution in [2.75, 3.05) is 5.32 Å². The quantitative estimate of drug-likeness (QED) is 0.355. The molecule has 0 radical (unpaired) electrons. The Balaban J connectivity index is 1.66. The summed E-state index contributed by atoms with van der Waals surface area (Å²) in [6.45, 7) is 0. The van der Waals surface area contributed by atoms with E-state index in [1.807, 2.05) is 30.3 Å². The third-order valence-corrected chi connectivity index (χ3v) is 2.90. The van der Waals surface area contributed by atoms with Crippen molar-refractivity contribution in [3.63, 3.8) is 0 Å². The van der Waals surface area contributed by atoms with Crippen LogP contribution in [0.4, 0.5) is 5.69 Å². The average molecular weight is 287 g/mol. The van der Waals surface area contributed by atoms with Gasteiger partial charge in [0.25, 0.3) is 0 Å². The minimum absolute atomic E-state index is 0.00636. The molecule has 6 nitrogen and oxygen atoms in total. The van der Waals surface area contributed by atoms with E-state index in [0.29, 0.717) is 24.3 Å². The second kappa shape index (κ2) is 7.84. The number of para-hydroxylation sites is 1. The normalized spacial score (nSPS) is 10.9. The molecule has 1 heterocycles. The molecule has 0 aliphatic rings. The highest BCUT2D eigenvalue weighted by molar-refractivity contribution is 5.90. The Morgan fingerprint density at radius 2 is 2.14 bits per heavy atom. The Kier molecular flexibility index (Phi) is 5.51. The number of hydrogen-bond donors (Lipinski definition) is 2. The van der Waals surface area contributed by atoms with Crippen LogP contribution in [0.25, 0.3) is 0 Å². The first-order chi connectivity index (χ1) is 10.3. The molecule has 0 saturated carbocycles. The molecular weight excluding hydrogens is 270 g/mol. The Hall–Kier alpha value is -2.63. The highest BCUT2D eigenvalue weighted by Gasteiger charge is 2.05. The smallest absolute Gasteiger partial charge is 0.224 e. The van der Waals surface area contributed by atoms with Crippen LogP contribution in [0.1, 0.15) is 30.7 Å². The van der Waals surface area contributed by atoms with Gasteiger partial charge >= 0.3 is 0 Å². The predicted molar refractivity (Wildman–Crippen MR) is 78.5 cm³/mol. The van der Waals surface area contributed by atoms with Crippen molar-refractivity contribution >= 4 is 17.8 Å². The van der Waals surface area contributed by atoms with Gasteiger partial charge in [-0.15, -0.1) is 0 Å². The van der Waals surface area contributed by atoms with Crippen molar-refractivity contribution in [1.29, 1.82) is 0 Å². The number of carbonyl (C=O) groups is 1. The second-order valence-electron chi connectivity index (χ2n) is 4.58. The van der Waals surface area contributed by atoms with Crippen molar-refractivity contribution in [2.24, 2.45) is 5.16 Å². The number of oxime groups is 1. The van der Waals surface area contributed by atoms with Crippen molar-refractivity contribution in [3.05, 3.63) is 47.9 Å². The molecule has 2 aromatic rings. The number of aryl methyl sites for hydroxylation is 1. The minimum Gasteiger partial charge on any atom is -0.411 e. The van der Waals surface area contributed by atoms with Crippen molar-refractivity contribution in [2.45, 2.75) is 25.7 Å². The molecule has 0 fully saturated rings. The van der Waals surface area contributed by atoms with E-state index in [4.69, 9.17) is 9.73 Å². The number of benzene rings is 1. The molecule has 6 heteroatoms. The molecule has 0 saturated heterocycles. The van der Waals surface area contributed by atoms with E-state index >= 15 is 0 Å². The molecule has 0 atom stereocenters. The number of aromatic nitrogens is 1. The molecule has 0 bridgehead atoms. The van der Waals surface area contributed by atoms with Gasteiger partial charge in [0.15, 0.2) is 0 Å². The van der Waals surface area contributed by atoms with Gasteiger partial charge in [-0.3, -0.25) is 4.79 Å². The lowest BCUT2D eigenvalue weighted by atomic mass is 10.1. The zero-order chi connectivity index (χ0) is 14.9. The summed E-state index contributed by atoms with van der Waals surface area (Å²) in [6, 6.07) is 11.1. The fourth-order valence-corrected chi connectivity index (χ4v) is 1.90. The van der Waals surface area contributed by atoms with Gasteiger partial charge in [0.05, 0.1) is 6.21 Å². The van der Waals surface area contributed by atoms with Gasteiger partial charge in [-0.1, -0.05) is 28.5 Å². The average Bonchev–Trinajstić information content (AvgIpc) is 2.93. The van der Waals surface area contributed by atoms with Crippen LogP contribution in [0, 0.1) is 0 Å². The number of rotatable bonds is 7. The Labute approximate surface area is 122 Å². The van der Waals surface area contributed by atoms with E-state index in [1.165, 1.54) is 6.21 Å². The van der Waals surface area contributed by atoms with E-state index in [2.05, 4.69) is 15.6 Å². The van der Waals surface area contributed by atoms with Gasteiger partial charge in [0, 0.05) is 24.6 Å². The van der Waals surface area contributed by atoms with Crippen LogP contribution in [0.2, 0.25) is 0 Å². The van der Waals surface area contributed by atoms with Crippen molar-refractivity contribution in [3.8, 4) is 0 Å². The monoisotopic (exact) mass is 287 g/mol. The number of nitrogens with one attached hydrogen (secondary N) is 1. The maximum atomic E-state index is 11.7. The Morgan fingerprint density at radius 3 is 2.90 bits per heavy atom. The number of anilines is 1. The maximum absolute atomic E-state index is 11.7. The molecule has 2 N–H and O–H groups in total. The fourth-order valence-electron chi connectivity index (χ4n) is 1.90. The van der Waals surface area contributed by atoms with E-state index in [0.717, 1.165) is 18.5 Å². The summed E-state index contributed by atoms with van der Waals surface area (Å²) < 4.78 is 5.07. The van der Waals surface area contributed by atoms with Gasteiger partial charge < -0.3 is 15.0 Å². The largest absolute Gasteiger partial charge is 0.411 e. The molecule has 0 spiro atoms. The van der Waals surface area contributed by atoms with Crippen LogP contribution >= 0.6 is 0 Å². The standard InChI is InChI=1S/C15H17N3O3/c19-15(17-12-6-2-1-3-7-12)9-5-4-8-14-10-13(11-16-20)18-21-14/h1-3,6-7,10-11,20H,4-5,8-9H2,(H,17,19)/b16-11+. The van der Waals surface area contributed by atoms with Crippen LogP contribution in [0.3, 0.4) is 0 Å². The maximum Gasteiger partial charge on any atom is 0.224 e. The minimum atomic E-state index is 0.00636. The lowest BCUT2D eigenvalue weighted by Gasteiger charge is -2.04. The molecule has 2 rings (SSSR count). The lowest BCUT2D eigenvalue weighted by Crippen LogP contribution is -2.10. The van der Waals surface area contributed by atoms with E-state index in [1.54, 1.807) is 6.07 Å². The number of carbonyl (C=O) groups excluding carboxylic acids is 1. The molecule has 1 amide bonds.